The van der Waals surface area contributed by atoms with Gasteiger partial charge in [-0.2, -0.15) is 0 Å². The van der Waals surface area contributed by atoms with E-state index >= 15 is 0 Å². The van der Waals surface area contributed by atoms with E-state index in [4.69, 9.17) is 0 Å². The van der Waals surface area contributed by atoms with Crippen LogP contribution in [0, 0.1) is 6.08 Å². The topological polar surface area (TPSA) is 29.4 Å². The summed E-state index contributed by atoms with van der Waals surface area (Å²) in [5.74, 6) is 0.0301. The second-order valence-corrected chi connectivity index (χ2v) is 1.25. The molecular weight excluding hydrogens is 90.1 g/mol. The number of allylic oxidation sites excluding steroid dienone is 1. The Morgan fingerprint density at radius 3 is 3.00 bits per heavy atom. The molecule has 0 amide bonds. The van der Waals surface area contributed by atoms with E-state index in [-0.39, 0.29) is 5.78 Å². The molecule has 0 aliphatic carbocycles. The van der Waals surface area contributed by atoms with Crippen LogP contribution in [0.15, 0.2) is 11.2 Å². The Bertz CT molecular complexity index is 135. The molecule has 0 aromatic heterocycles. The zero-order valence-corrected chi connectivity index (χ0v) is 3.72. The van der Waals surface area contributed by atoms with Crippen LogP contribution in [0.25, 0.3) is 0 Å². The van der Waals surface area contributed by atoms with Crippen LogP contribution in [0.4, 0.5) is 0 Å². The smallest absolute Gasteiger partial charge is 0.178 e. The highest BCUT2D eigenvalue weighted by molar-refractivity contribution is 6.28. The molecule has 0 unspecified atom stereocenters. The normalized spacial score (nSPS) is 18.0. The molecule has 0 atom stereocenters. The molecule has 2 heteroatoms. The van der Waals surface area contributed by atoms with Gasteiger partial charge in [-0.05, 0) is 6.08 Å². The number of carbonyl (C=O) groups is 1. The van der Waals surface area contributed by atoms with Crippen molar-refractivity contribution in [1.29, 1.82) is 0 Å². The maximum atomic E-state index is 10.2. The Balaban J connectivity index is 2.66. The zero-order valence-electron chi connectivity index (χ0n) is 3.72. The Labute approximate surface area is 41.6 Å². The van der Waals surface area contributed by atoms with Crippen molar-refractivity contribution >= 4 is 12.0 Å². The van der Waals surface area contributed by atoms with Gasteiger partial charge in [-0.25, -0.2) is 0 Å². The minimum absolute atomic E-state index is 0.0301. The van der Waals surface area contributed by atoms with Crippen molar-refractivity contribution in [2.24, 2.45) is 4.99 Å². The third-order valence-corrected chi connectivity index (χ3v) is 0.661. The van der Waals surface area contributed by atoms with Gasteiger partial charge in [0, 0.05) is 12.6 Å². The first kappa shape index (κ1) is 4.24. The van der Waals surface area contributed by atoms with Crippen LogP contribution >= 0.6 is 0 Å². The Morgan fingerprint density at radius 1 is 1.86 bits per heavy atom. The highest BCUT2D eigenvalue weighted by atomic mass is 16.1. The second-order valence-electron chi connectivity index (χ2n) is 1.25. The predicted octanol–water partition coefficient (Wildman–Crippen LogP) is 0.347. The molecule has 0 spiro atoms. The van der Waals surface area contributed by atoms with Crippen LogP contribution in [0.1, 0.15) is 6.42 Å². The van der Waals surface area contributed by atoms with Crippen molar-refractivity contribution in [2.45, 2.75) is 6.42 Å². The molecule has 0 fully saturated rings. The van der Waals surface area contributed by atoms with Gasteiger partial charge in [-0.15, -0.1) is 0 Å². The summed E-state index contributed by atoms with van der Waals surface area (Å²) in [4.78, 5) is 13.8. The molecule has 0 aromatic carbocycles. The molecule has 1 aliphatic rings. The molecule has 0 bridgehead atoms. The first-order valence-corrected chi connectivity index (χ1v) is 2.00. The van der Waals surface area contributed by atoms with Crippen molar-refractivity contribution in [1.82, 2.24) is 0 Å². The Kier molecular flexibility index (Phi) is 1.02. The van der Waals surface area contributed by atoms with E-state index in [1.807, 2.05) is 0 Å². The summed E-state index contributed by atoms with van der Waals surface area (Å²) in [6, 6.07) is 0. The van der Waals surface area contributed by atoms with Gasteiger partial charge in [-0.1, -0.05) is 0 Å². The predicted molar refractivity (Wildman–Crippen MR) is 25.9 cm³/mol. The lowest BCUT2D eigenvalue weighted by atomic mass is 10.3. The van der Waals surface area contributed by atoms with Crippen LogP contribution in [0.3, 0.4) is 0 Å². The van der Waals surface area contributed by atoms with Crippen molar-refractivity contribution in [2.75, 3.05) is 0 Å². The second kappa shape index (κ2) is 1.69. The average Bonchev–Trinajstić information content (AvgIpc) is 1.69. The summed E-state index contributed by atoms with van der Waals surface area (Å²) in [6.07, 6.45) is 5.86. The van der Waals surface area contributed by atoms with Gasteiger partial charge < -0.3 is 0 Å². The summed E-state index contributed by atoms with van der Waals surface area (Å²) in [5.41, 5.74) is 0. The highest BCUT2D eigenvalue weighted by Crippen LogP contribution is 1.88. The molecule has 35 valence electrons. The molecule has 2 nitrogen and oxygen atoms in total. The fourth-order valence-corrected chi connectivity index (χ4v) is 0.365. The maximum Gasteiger partial charge on any atom is 0.178 e. The van der Waals surface area contributed by atoms with E-state index in [1.165, 1.54) is 12.4 Å². The third kappa shape index (κ3) is 0.961. The number of nitrogens with zero attached hydrogens (tertiary/aromatic N) is 1. The fraction of sp³-hybridized carbons (Fsp3) is 0.200. The first-order chi connectivity index (χ1) is 3.39. The van der Waals surface area contributed by atoms with Crippen LogP contribution in [-0.4, -0.2) is 12.0 Å². The monoisotopic (exact) mass is 94.0 g/mol. The lowest BCUT2D eigenvalue weighted by molar-refractivity contribution is -0.112. The van der Waals surface area contributed by atoms with E-state index in [1.54, 1.807) is 0 Å². The first-order valence-electron chi connectivity index (χ1n) is 2.00. The van der Waals surface area contributed by atoms with Gasteiger partial charge in [0.2, 0.25) is 0 Å². The molecule has 1 aliphatic heterocycles. The van der Waals surface area contributed by atoms with Crippen molar-refractivity contribution in [3.63, 3.8) is 0 Å². The zero-order chi connectivity index (χ0) is 5.11. The number of rotatable bonds is 0. The van der Waals surface area contributed by atoms with E-state index in [0.29, 0.717) is 6.42 Å². The molecule has 0 N–H and O–H groups in total. The van der Waals surface area contributed by atoms with Gasteiger partial charge in [0.25, 0.3) is 0 Å². The van der Waals surface area contributed by atoms with E-state index < -0.39 is 0 Å². The van der Waals surface area contributed by atoms with Crippen LogP contribution in [-0.2, 0) is 4.79 Å². The van der Waals surface area contributed by atoms with Gasteiger partial charge in [-0.3, -0.25) is 9.79 Å². The molecule has 1 rings (SSSR count). The van der Waals surface area contributed by atoms with E-state index in [2.05, 4.69) is 11.1 Å². The number of aliphatic imine (C=N–C) groups is 1. The molecule has 0 saturated heterocycles. The van der Waals surface area contributed by atoms with E-state index in [9.17, 15) is 4.79 Å². The van der Waals surface area contributed by atoms with Gasteiger partial charge in [0.1, 0.15) is 0 Å². The Hall–Kier alpha value is -0.920. The van der Waals surface area contributed by atoms with Crippen LogP contribution in [0.2, 0.25) is 0 Å². The number of hydrogen-bond donors (Lipinski definition) is 0. The summed E-state index contributed by atoms with van der Waals surface area (Å²) in [5, 5.41) is 0. The summed E-state index contributed by atoms with van der Waals surface area (Å²) >= 11 is 0. The standard InChI is InChI=1S/C5H4NO/c7-5-2-1-3-6-4-5/h3-4H,2H2. The Morgan fingerprint density at radius 2 is 2.71 bits per heavy atom. The fourth-order valence-electron chi connectivity index (χ4n) is 0.365. The molecule has 0 saturated carbocycles. The van der Waals surface area contributed by atoms with Crippen LogP contribution < -0.4 is 0 Å². The lowest BCUT2D eigenvalue weighted by Crippen LogP contribution is -1.98. The third-order valence-electron chi connectivity index (χ3n) is 0.661. The molecule has 0 aromatic rings. The number of ketones is 1. The summed E-state index contributed by atoms with van der Waals surface area (Å²) in [7, 11) is 0. The quantitative estimate of drug-likeness (QED) is 0.425. The van der Waals surface area contributed by atoms with Crippen molar-refractivity contribution in [3.8, 4) is 0 Å². The minimum Gasteiger partial charge on any atom is -0.293 e. The highest BCUT2D eigenvalue weighted by Gasteiger charge is 1.94. The van der Waals surface area contributed by atoms with Crippen LogP contribution in [0.5, 0.6) is 0 Å². The number of Topliss-reactive ketones (excluding diaryl/α,β-unsaturated/α-hetero) is 1. The van der Waals surface area contributed by atoms with Gasteiger partial charge in [0.05, 0.1) is 6.21 Å². The summed E-state index contributed by atoms with van der Waals surface area (Å²) < 4.78 is 0. The van der Waals surface area contributed by atoms with E-state index in [0.717, 1.165) is 0 Å². The van der Waals surface area contributed by atoms with Crippen molar-refractivity contribution in [3.05, 3.63) is 12.3 Å². The van der Waals surface area contributed by atoms with Crippen molar-refractivity contribution < 1.29 is 4.79 Å². The molecule has 7 heavy (non-hydrogen) atoms. The lowest BCUT2D eigenvalue weighted by Gasteiger charge is -1.87. The maximum absolute atomic E-state index is 10.2. The largest absolute Gasteiger partial charge is 0.293 e. The average molecular weight is 94.1 g/mol. The number of hydrogen-bond acceptors (Lipinski definition) is 2. The number of carbonyl (C=O) groups excluding carboxylic acids is 1. The molecular formula is C5H4NO. The van der Waals surface area contributed by atoms with Gasteiger partial charge in [0.15, 0.2) is 5.78 Å². The summed E-state index contributed by atoms with van der Waals surface area (Å²) in [6.45, 7) is 0. The molecule has 1 heterocycles. The van der Waals surface area contributed by atoms with Gasteiger partial charge >= 0.3 is 0 Å². The SMILES string of the molecule is O=C1C=NC=[C]C1. The minimum atomic E-state index is 0.0301. The molecule has 1 radical (unpaired) electrons.